The molecule has 0 rings (SSSR count). The number of hydrazine groups is 2. The van der Waals surface area contributed by atoms with Gasteiger partial charge in [0.05, 0.1) is 4.99 Å². The fourth-order valence-electron chi connectivity index (χ4n) is 1.05. The van der Waals surface area contributed by atoms with E-state index in [9.17, 15) is 9.59 Å². The lowest BCUT2D eigenvalue weighted by Gasteiger charge is -2.31. The van der Waals surface area contributed by atoms with E-state index in [0.717, 1.165) is 0 Å². The van der Waals surface area contributed by atoms with E-state index >= 15 is 0 Å². The molecule has 2 N–H and O–H groups in total. The minimum atomic E-state index is -0.414. The standard InChI is InChI=1S/C10H19N5O2S2/c1-7(18)12(2)13(3)8(16)6-9(17)14(4)15(5)10(11)19/h6H2,1-5H3,(H2,11,19). The molecule has 9 heteroatoms. The van der Waals surface area contributed by atoms with Crippen molar-refractivity contribution in [2.45, 2.75) is 13.3 Å². The highest BCUT2D eigenvalue weighted by molar-refractivity contribution is 7.80. The van der Waals surface area contributed by atoms with Gasteiger partial charge >= 0.3 is 0 Å². The van der Waals surface area contributed by atoms with Gasteiger partial charge in [-0.2, -0.15) is 0 Å². The minimum absolute atomic E-state index is 0.0449. The first-order valence-electron chi connectivity index (χ1n) is 5.40. The molecule has 0 aromatic heterocycles. The number of nitrogens with two attached hydrogens (primary N) is 1. The molecule has 0 aromatic carbocycles. The van der Waals surface area contributed by atoms with Crippen molar-refractivity contribution in [1.29, 1.82) is 0 Å². The molecule has 108 valence electrons. The van der Waals surface area contributed by atoms with Crippen LogP contribution in [0.25, 0.3) is 0 Å². The van der Waals surface area contributed by atoms with Gasteiger partial charge in [0.1, 0.15) is 6.42 Å². The van der Waals surface area contributed by atoms with Crippen LogP contribution in [0.1, 0.15) is 13.3 Å². The molecule has 0 aromatic rings. The molecule has 0 spiro atoms. The molecule has 19 heavy (non-hydrogen) atoms. The van der Waals surface area contributed by atoms with Gasteiger partial charge in [-0.1, -0.05) is 12.2 Å². The summed E-state index contributed by atoms with van der Waals surface area (Å²) in [5, 5.41) is 5.30. The molecule has 7 nitrogen and oxygen atoms in total. The third kappa shape index (κ3) is 4.95. The van der Waals surface area contributed by atoms with Crippen molar-refractivity contribution >= 4 is 46.4 Å². The lowest BCUT2D eigenvalue weighted by atomic mass is 10.3. The molecule has 0 saturated carbocycles. The Balaban J connectivity index is 4.61. The molecule has 0 aliphatic heterocycles. The lowest BCUT2D eigenvalue weighted by molar-refractivity contribution is -0.148. The van der Waals surface area contributed by atoms with E-state index < -0.39 is 5.91 Å². The van der Waals surface area contributed by atoms with Crippen molar-refractivity contribution < 1.29 is 9.59 Å². The van der Waals surface area contributed by atoms with Crippen molar-refractivity contribution in [1.82, 2.24) is 20.0 Å². The fourth-order valence-corrected chi connectivity index (χ4v) is 1.30. The molecule has 0 fully saturated rings. The van der Waals surface area contributed by atoms with Crippen LogP contribution in [-0.4, -0.2) is 70.1 Å². The summed E-state index contributed by atoms with van der Waals surface area (Å²) in [7, 11) is 6.23. The molecule has 0 saturated heterocycles. The van der Waals surface area contributed by atoms with Crippen molar-refractivity contribution in [2.75, 3.05) is 28.2 Å². The number of hydrogen-bond acceptors (Lipinski definition) is 4. The highest BCUT2D eigenvalue weighted by Crippen LogP contribution is 2.02. The summed E-state index contributed by atoms with van der Waals surface area (Å²) in [5.74, 6) is -0.789. The van der Waals surface area contributed by atoms with E-state index in [2.05, 4.69) is 0 Å². The zero-order valence-corrected chi connectivity index (χ0v) is 13.3. The Morgan fingerprint density at radius 3 is 1.58 bits per heavy atom. The Labute approximate surface area is 123 Å². The molecule has 0 atom stereocenters. The summed E-state index contributed by atoms with van der Waals surface area (Å²) < 4.78 is 0. The van der Waals surface area contributed by atoms with Crippen LogP contribution in [-0.2, 0) is 9.59 Å². The predicted molar refractivity (Wildman–Crippen MR) is 80.7 cm³/mol. The van der Waals surface area contributed by atoms with Gasteiger partial charge in [-0.3, -0.25) is 29.6 Å². The van der Waals surface area contributed by atoms with Crippen LogP contribution in [0.5, 0.6) is 0 Å². The quantitative estimate of drug-likeness (QED) is 0.422. The third-order valence-corrected chi connectivity index (χ3v) is 3.23. The smallest absolute Gasteiger partial charge is 0.250 e. The van der Waals surface area contributed by atoms with Crippen molar-refractivity contribution in [2.24, 2.45) is 5.73 Å². The summed E-state index contributed by atoms with van der Waals surface area (Å²) >= 11 is 9.69. The van der Waals surface area contributed by atoms with E-state index in [-0.39, 0.29) is 17.4 Å². The van der Waals surface area contributed by atoms with Gasteiger partial charge in [-0.05, 0) is 19.1 Å². The molecule has 0 aliphatic rings. The minimum Gasteiger partial charge on any atom is -0.375 e. The SMILES string of the molecule is CC(=S)N(C)N(C)C(=O)CC(=O)N(C)N(C)C(N)=S. The lowest BCUT2D eigenvalue weighted by Crippen LogP contribution is -2.49. The zero-order valence-electron chi connectivity index (χ0n) is 11.7. The topological polar surface area (TPSA) is 73.1 Å². The molecule has 0 heterocycles. The number of rotatable bonds is 2. The van der Waals surface area contributed by atoms with Gasteiger partial charge in [0.15, 0.2) is 5.11 Å². The second kappa shape index (κ2) is 7.19. The third-order valence-electron chi connectivity index (χ3n) is 2.70. The molecule has 0 radical (unpaired) electrons. The summed E-state index contributed by atoms with van der Waals surface area (Å²) in [5.41, 5.74) is 5.40. The first-order valence-corrected chi connectivity index (χ1v) is 6.21. The Hall–Kier alpha value is -1.48. The Morgan fingerprint density at radius 2 is 1.26 bits per heavy atom. The van der Waals surface area contributed by atoms with E-state index in [1.54, 1.807) is 28.1 Å². The van der Waals surface area contributed by atoms with E-state index in [0.29, 0.717) is 4.99 Å². The number of carbonyl (C=O) groups is 2. The van der Waals surface area contributed by atoms with Crippen LogP contribution in [0, 0.1) is 0 Å². The van der Waals surface area contributed by atoms with E-state index in [4.69, 9.17) is 30.2 Å². The van der Waals surface area contributed by atoms with Crippen LogP contribution in [0.15, 0.2) is 0 Å². The monoisotopic (exact) mass is 305 g/mol. The highest BCUT2D eigenvalue weighted by atomic mass is 32.1. The van der Waals surface area contributed by atoms with E-state index in [1.807, 2.05) is 0 Å². The number of hydrogen-bond donors (Lipinski definition) is 1. The maximum atomic E-state index is 11.9. The fraction of sp³-hybridized carbons (Fsp3) is 0.600. The number of thiocarbonyl (C=S) groups is 2. The predicted octanol–water partition coefficient (Wildman–Crippen LogP) is -0.422. The number of nitrogens with zero attached hydrogens (tertiary/aromatic N) is 4. The zero-order chi connectivity index (χ0) is 15.3. The number of amides is 2. The van der Waals surface area contributed by atoms with Gasteiger partial charge in [-0.25, -0.2) is 0 Å². The summed E-state index contributed by atoms with van der Waals surface area (Å²) in [6.45, 7) is 1.69. The van der Waals surface area contributed by atoms with Gasteiger partial charge in [0, 0.05) is 28.2 Å². The summed E-state index contributed by atoms with van der Waals surface area (Å²) in [6, 6.07) is 0. The Kier molecular flexibility index (Phi) is 6.63. The first kappa shape index (κ1) is 17.5. The van der Waals surface area contributed by atoms with Crippen LogP contribution < -0.4 is 5.73 Å². The first-order chi connectivity index (χ1) is 8.59. The summed E-state index contributed by atoms with van der Waals surface area (Å²) in [4.78, 5) is 24.3. The average molecular weight is 305 g/mol. The summed E-state index contributed by atoms with van der Waals surface area (Å²) in [6.07, 6.45) is -0.299. The second-order valence-electron chi connectivity index (χ2n) is 3.92. The van der Waals surface area contributed by atoms with Crippen LogP contribution in [0.4, 0.5) is 0 Å². The van der Waals surface area contributed by atoms with Crippen molar-refractivity contribution in [3.8, 4) is 0 Å². The molecular formula is C10H19N5O2S2. The Morgan fingerprint density at radius 1 is 0.895 bits per heavy atom. The van der Waals surface area contributed by atoms with Crippen LogP contribution in [0.3, 0.4) is 0 Å². The second-order valence-corrected chi connectivity index (χ2v) is 4.93. The van der Waals surface area contributed by atoms with Gasteiger partial charge in [0.2, 0.25) is 11.8 Å². The van der Waals surface area contributed by atoms with Gasteiger partial charge in [-0.15, -0.1) is 0 Å². The van der Waals surface area contributed by atoms with Crippen LogP contribution >= 0.6 is 24.4 Å². The molecule has 0 unspecified atom stereocenters. The maximum absolute atomic E-state index is 11.9. The van der Waals surface area contributed by atoms with Crippen molar-refractivity contribution in [3.05, 3.63) is 0 Å². The van der Waals surface area contributed by atoms with E-state index in [1.165, 1.54) is 27.1 Å². The average Bonchev–Trinajstić information content (AvgIpc) is 2.34. The van der Waals surface area contributed by atoms with Crippen molar-refractivity contribution in [3.63, 3.8) is 0 Å². The maximum Gasteiger partial charge on any atom is 0.250 e. The van der Waals surface area contributed by atoms with Gasteiger partial charge in [0.25, 0.3) is 0 Å². The van der Waals surface area contributed by atoms with Gasteiger partial charge < -0.3 is 5.73 Å². The highest BCUT2D eigenvalue weighted by Gasteiger charge is 2.22. The molecule has 0 bridgehead atoms. The molecule has 2 amide bonds. The normalized spacial score (nSPS) is 9.53. The van der Waals surface area contributed by atoms with Crippen LogP contribution in [0.2, 0.25) is 0 Å². The molecule has 0 aliphatic carbocycles. The Bertz CT molecular complexity index is 365. The molecular weight excluding hydrogens is 286 g/mol. The number of carbonyl (C=O) groups excluding carboxylic acids is 2. The largest absolute Gasteiger partial charge is 0.375 e.